The molecule has 2 aliphatic heterocycles. The average molecular weight is 592 g/mol. The number of nitrogens with zero attached hydrogens (tertiary/aromatic N) is 1. The summed E-state index contributed by atoms with van der Waals surface area (Å²) >= 11 is 0. The molecule has 5 fully saturated rings. The second-order valence-corrected chi connectivity index (χ2v) is 17.1. The highest BCUT2D eigenvalue weighted by molar-refractivity contribution is 6.04. The van der Waals surface area contributed by atoms with Crippen molar-refractivity contribution in [3.63, 3.8) is 0 Å². The molecule has 0 spiro atoms. The second kappa shape index (κ2) is 9.12. The number of aliphatic hydroxyl groups is 1. The van der Waals surface area contributed by atoms with E-state index in [9.17, 15) is 20.0 Å². The van der Waals surface area contributed by atoms with Crippen molar-refractivity contribution in [1.29, 1.82) is 5.26 Å². The Bertz CT molecular complexity index is 1370. The second-order valence-electron chi connectivity index (χ2n) is 17.1. The molecule has 0 radical (unpaired) electrons. The molecule has 7 nitrogen and oxygen atoms in total. The van der Waals surface area contributed by atoms with Crippen LogP contribution in [0.15, 0.2) is 23.3 Å². The molecule has 0 unspecified atom stereocenters. The normalized spacial score (nSPS) is 51.2. The highest BCUT2D eigenvalue weighted by Gasteiger charge is 2.70. The van der Waals surface area contributed by atoms with Gasteiger partial charge < -0.3 is 19.3 Å². The van der Waals surface area contributed by atoms with E-state index in [-0.39, 0.29) is 76.1 Å². The van der Waals surface area contributed by atoms with Gasteiger partial charge in [0.05, 0.1) is 24.4 Å². The van der Waals surface area contributed by atoms with Crippen molar-refractivity contribution in [2.75, 3.05) is 13.2 Å². The van der Waals surface area contributed by atoms with E-state index in [4.69, 9.17) is 14.2 Å². The maximum absolute atomic E-state index is 14.7. The molecule has 2 heterocycles. The van der Waals surface area contributed by atoms with Crippen molar-refractivity contribution < 1.29 is 28.9 Å². The predicted molar refractivity (Wildman–Crippen MR) is 160 cm³/mol. The zero-order valence-electron chi connectivity index (χ0n) is 27.0. The fraction of sp³-hybridized carbons (Fsp3) is 0.806. The summed E-state index contributed by atoms with van der Waals surface area (Å²) in [6.07, 6.45) is 8.79. The third kappa shape index (κ3) is 3.79. The molecule has 3 saturated carbocycles. The maximum atomic E-state index is 14.7. The summed E-state index contributed by atoms with van der Waals surface area (Å²) < 4.78 is 19.1. The van der Waals surface area contributed by atoms with Crippen LogP contribution >= 0.6 is 0 Å². The third-order valence-electron chi connectivity index (χ3n) is 14.1. The molecule has 0 aromatic heterocycles. The first-order chi connectivity index (χ1) is 20.0. The Balaban J connectivity index is 1.31. The van der Waals surface area contributed by atoms with E-state index in [1.807, 2.05) is 26.0 Å². The molecule has 1 N–H and O–H groups in total. The van der Waals surface area contributed by atoms with Gasteiger partial charge in [-0.2, -0.15) is 5.26 Å². The topological polar surface area (TPSA) is 106 Å². The number of Topliss-reactive ketones (excluding diaryl/α,β-unsaturated/α-hetero) is 1. The smallest absolute Gasteiger partial charge is 0.178 e. The van der Waals surface area contributed by atoms with Gasteiger partial charge in [-0.1, -0.05) is 60.1 Å². The van der Waals surface area contributed by atoms with E-state index in [0.717, 1.165) is 50.5 Å². The monoisotopic (exact) mass is 591 g/mol. The van der Waals surface area contributed by atoms with Crippen molar-refractivity contribution in [2.45, 2.75) is 123 Å². The summed E-state index contributed by atoms with van der Waals surface area (Å²) in [5, 5.41) is 20.3. The fourth-order valence-corrected chi connectivity index (χ4v) is 11.6. The van der Waals surface area contributed by atoms with Crippen LogP contribution in [0.2, 0.25) is 0 Å². The van der Waals surface area contributed by atoms with Gasteiger partial charge in [0.2, 0.25) is 0 Å². The lowest BCUT2D eigenvalue weighted by Gasteiger charge is -2.69. The van der Waals surface area contributed by atoms with E-state index < -0.39 is 22.5 Å². The highest BCUT2D eigenvalue weighted by Crippen LogP contribution is 2.73. The molecule has 7 aliphatic rings. The lowest BCUT2D eigenvalue weighted by Crippen LogP contribution is -2.67. The van der Waals surface area contributed by atoms with Crippen LogP contribution in [0, 0.1) is 56.2 Å². The van der Waals surface area contributed by atoms with Gasteiger partial charge in [-0.15, -0.1) is 0 Å². The van der Waals surface area contributed by atoms with Crippen LogP contribution in [0.3, 0.4) is 0 Å². The summed E-state index contributed by atoms with van der Waals surface area (Å²) in [5.41, 5.74) is -0.730. The summed E-state index contributed by atoms with van der Waals surface area (Å²) in [6.45, 7) is 16.2. The van der Waals surface area contributed by atoms with Crippen molar-refractivity contribution in [3.8, 4) is 6.07 Å². The molecule has 0 aromatic rings. The number of hydrogen-bond acceptors (Lipinski definition) is 7. The summed E-state index contributed by atoms with van der Waals surface area (Å²) in [5.74, 6) is 0.0209. The van der Waals surface area contributed by atoms with Crippen molar-refractivity contribution >= 4 is 11.6 Å². The molecular weight excluding hydrogens is 542 g/mol. The summed E-state index contributed by atoms with van der Waals surface area (Å²) in [4.78, 5) is 28.1. The first kappa shape index (κ1) is 29.8. The van der Waals surface area contributed by atoms with Crippen molar-refractivity contribution in [1.82, 2.24) is 0 Å². The van der Waals surface area contributed by atoms with Crippen molar-refractivity contribution in [2.24, 2.45) is 44.8 Å². The van der Waals surface area contributed by atoms with E-state index in [0.29, 0.717) is 6.61 Å². The van der Waals surface area contributed by atoms with E-state index in [2.05, 4.69) is 40.7 Å². The quantitative estimate of drug-likeness (QED) is 0.452. The van der Waals surface area contributed by atoms with E-state index >= 15 is 0 Å². The number of nitriles is 1. The minimum atomic E-state index is -0.669. The molecule has 7 rings (SSSR count). The summed E-state index contributed by atoms with van der Waals surface area (Å²) in [6, 6.07) is 2.20. The largest absolute Gasteiger partial charge is 0.388 e. The van der Waals surface area contributed by atoms with Gasteiger partial charge in [0.25, 0.3) is 0 Å². The zero-order valence-corrected chi connectivity index (χ0v) is 27.0. The van der Waals surface area contributed by atoms with Crippen LogP contribution in [-0.2, 0) is 23.8 Å². The van der Waals surface area contributed by atoms with Crippen LogP contribution in [0.25, 0.3) is 0 Å². The Labute approximate surface area is 256 Å². The molecule has 0 amide bonds. The summed E-state index contributed by atoms with van der Waals surface area (Å²) in [7, 11) is 0. The number of fused-ring (bicyclic) bond motifs is 8. The first-order valence-electron chi connectivity index (χ1n) is 16.6. The van der Waals surface area contributed by atoms with E-state index in [1.165, 1.54) is 0 Å². The Morgan fingerprint density at radius 1 is 0.953 bits per heavy atom. The lowest BCUT2D eigenvalue weighted by molar-refractivity contribution is -0.237. The van der Waals surface area contributed by atoms with Crippen LogP contribution < -0.4 is 0 Å². The van der Waals surface area contributed by atoms with Gasteiger partial charge >= 0.3 is 0 Å². The number of aliphatic hydroxyl groups excluding tert-OH is 1. The predicted octanol–water partition coefficient (Wildman–Crippen LogP) is 5.50. The molecule has 234 valence electrons. The van der Waals surface area contributed by atoms with Gasteiger partial charge in [0.1, 0.15) is 30.5 Å². The zero-order chi connectivity index (χ0) is 31.0. The van der Waals surface area contributed by atoms with E-state index in [1.54, 1.807) is 0 Å². The first-order valence-corrected chi connectivity index (χ1v) is 16.6. The number of carbonyl (C=O) groups is 2. The van der Waals surface area contributed by atoms with Gasteiger partial charge in [-0.05, 0) is 79.1 Å². The molecular formula is C36H49NO6. The standard InChI is InChI=1S/C36H49NO6/c1-31(2)10-12-36(43-24-19-42-28-23(39)18-41-29(24)28)13-11-35(7)27(21(36)16-31)22(38)14-26-33(5)15-20(17-37)30(40)32(3,4)25(33)8-9-34(26,35)6/h14-15,21,23-25,27-29,39H,8-13,16,18-19H2,1-7H3/t21-,23-,24-,25+,27+,28-,29-,33+,34-,35-,36+/m1/s1. The number of carbonyl (C=O) groups excluding carboxylic acids is 2. The van der Waals surface area contributed by atoms with Gasteiger partial charge in [0, 0.05) is 16.7 Å². The Kier molecular flexibility index (Phi) is 6.33. The molecule has 0 aromatic carbocycles. The third-order valence-corrected chi connectivity index (χ3v) is 14.1. The van der Waals surface area contributed by atoms with Crippen LogP contribution in [0.4, 0.5) is 0 Å². The number of ether oxygens (including phenoxy) is 3. The SMILES string of the molecule is CC1(C)CC[C@]2(O[C@@H]3CO[C@H]4[C@@H]3OC[C@H]4O)CC[C@]3(C)[C@H](C(=O)C=C4[C@@]5(C)C=C(C#N)C(=O)C(C)(C)[C@@H]5CC[C@]43C)[C@H]2C1. The maximum Gasteiger partial charge on any atom is 0.178 e. The van der Waals surface area contributed by atoms with Crippen molar-refractivity contribution in [3.05, 3.63) is 23.3 Å². The number of ketones is 2. The van der Waals surface area contributed by atoms with Gasteiger partial charge in [0.15, 0.2) is 11.6 Å². The molecule has 0 bridgehead atoms. The Hall–Kier alpha value is -1.85. The minimum absolute atomic E-state index is 0.0357. The molecule has 2 saturated heterocycles. The Morgan fingerprint density at radius 2 is 1.65 bits per heavy atom. The lowest BCUT2D eigenvalue weighted by atomic mass is 9.35. The van der Waals surface area contributed by atoms with Crippen LogP contribution in [0.1, 0.15) is 93.4 Å². The minimum Gasteiger partial charge on any atom is -0.388 e. The Morgan fingerprint density at radius 3 is 2.37 bits per heavy atom. The molecule has 43 heavy (non-hydrogen) atoms. The van der Waals surface area contributed by atoms with Gasteiger partial charge in [-0.3, -0.25) is 9.59 Å². The number of rotatable bonds is 2. The highest BCUT2D eigenvalue weighted by atomic mass is 16.6. The van der Waals surface area contributed by atoms with Crippen LogP contribution in [0.5, 0.6) is 0 Å². The van der Waals surface area contributed by atoms with Crippen LogP contribution in [-0.4, -0.2) is 59.9 Å². The fourth-order valence-electron chi connectivity index (χ4n) is 11.6. The molecule has 11 atom stereocenters. The molecule has 7 heteroatoms. The molecule has 5 aliphatic carbocycles. The number of hydrogen-bond donors (Lipinski definition) is 1. The average Bonchev–Trinajstić information content (AvgIpc) is 3.51. The number of allylic oxidation sites excluding steroid dienone is 4. The van der Waals surface area contributed by atoms with Gasteiger partial charge in [-0.25, -0.2) is 0 Å².